The molecule has 0 radical (unpaired) electrons. The summed E-state index contributed by atoms with van der Waals surface area (Å²) in [5, 5.41) is 11.2. The van der Waals surface area contributed by atoms with Crippen molar-refractivity contribution in [2.45, 2.75) is 45.6 Å². The second-order valence-corrected chi connectivity index (χ2v) is 7.20. The molecule has 3 unspecified atom stereocenters. The maximum atomic E-state index is 14.2. The summed E-state index contributed by atoms with van der Waals surface area (Å²) in [6.07, 6.45) is 2.71. The Bertz CT molecular complexity index is 460. The van der Waals surface area contributed by atoms with Gasteiger partial charge in [-0.25, -0.2) is 4.39 Å². The van der Waals surface area contributed by atoms with Crippen molar-refractivity contribution in [3.8, 4) is 0 Å². The molecule has 0 spiro atoms. The fourth-order valence-electron chi connectivity index (χ4n) is 3.51. The second-order valence-electron chi connectivity index (χ2n) is 6.29. The van der Waals surface area contributed by atoms with Crippen LogP contribution in [-0.4, -0.2) is 5.11 Å². The van der Waals surface area contributed by atoms with Crippen LogP contribution in [0.25, 0.3) is 0 Å². The van der Waals surface area contributed by atoms with Crippen molar-refractivity contribution in [2.75, 3.05) is 0 Å². The molecule has 1 aliphatic carbocycles. The minimum Gasteiger partial charge on any atom is -0.385 e. The van der Waals surface area contributed by atoms with Crippen LogP contribution in [0.1, 0.15) is 45.6 Å². The maximum absolute atomic E-state index is 14.2. The van der Waals surface area contributed by atoms with Gasteiger partial charge < -0.3 is 5.11 Å². The molecular formula is C16H22BrFO. The molecule has 2 rings (SSSR count). The summed E-state index contributed by atoms with van der Waals surface area (Å²) in [6, 6.07) is 4.86. The molecule has 19 heavy (non-hydrogen) atoms. The fourth-order valence-corrected chi connectivity index (χ4v) is 3.87. The van der Waals surface area contributed by atoms with E-state index in [0.29, 0.717) is 23.8 Å². The van der Waals surface area contributed by atoms with Crippen LogP contribution >= 0.6 is 15.9 Å². The lowest BCUT2D eigenvalue weighted by atomic mass is 9.64. The molecule has 3 atom stereocenters. The van der Waals surface area contributed by atoms with Gasteiger partial charge in [0.25, 0.3) is 0 Å². The average molecular weight is 329 g/mol. The highest BCUT2D eigenvalue weighted by Gasteiger charge is 2.45. The predicted molar refractivity (Wildman–Crippen MR) is 79.3 cm³/mol. The highest BCUT2D eigenvalue weighted by molar-refractivity contribution is 9.10. The van der Waals surface area contributed by atoms with Crippen molar-refractivity contribution in [2.24, 2.45) is 17.8 Å². The predicted octanol–water partition coefficient (Wildman–Crippen LogP) is 4.87. The Kier molecular flexibility index (Phi) is 4.36. The molecule has 0 amide bonds. The Morgan fingerprint density at radius 3 is 2.68 bits per heavy atom. The summed E-state index contributed by atoms with van der Waals surface area (Å²) in [6.45, 7) is 6.36. The van der Waals surface area contributed by atoms with Crippen LogP contribution < -0.4 is 0 Å². The van der Waals surface area contributed by atoms with E-state index in [2.05, 4.69) is 36.7 Å². The summed E-state index contributed by atoms with van der Waals surface area (Å²) < 4.78 is 15.0. The number of halogens is 2. The smallest absolute Gasteiger partial charge is 0.129 e. The monoisotopic (exact) mass is 328 g/mol. The van der Waals surface area contributed by atoms with Gasteiger partial charge in [0.2, 0.25) is 0 Å². The summed E-state index contributed by atoms with van der Waals surface area (Å²) >= 11 is 3.38. The standard InChI is InChI=1S/C16H22BrFO/c1-10(2)13-6-4-11(3)9-16(13,19)14-8-12(17)5-7-15(14)18/h5,7-8,10-11,13,19H,4,6,9H2,1-3H3. The molecule has 1 aromatic carbocycles. The van der Waals surface area contributed by atoms with E-state index < -0.39 is 5.60 Å². The molecule has 0 saturated heterocycles. The van der Waals surface area contributed by atoms with Crippen LogP contribution in [0.2, 0.25) is 0 Å². The van der Waals surface area contributed by atoms with Gasteiger partial charge in [-0.05, 0) is 48.8 Å². The van der Waals surface area contributed by atoms with E-state index >= 15 is 0 Å². The van der Waals surface area contributed by atoms with Crippen molar-refractivity contribution < 1.29 is 9.50 Å². The van der Waals surface area contributed by atoms with Gasteiger partial charge in [0, 0.05) is 10.0 Å². The summed E-state index contributed by atoms with van der Waals surface area (Å²) in [4.78, 5) is 0. The Hall–Kier alpha value is -0.410. The minimum atomic E-state index is -1.04. The topological polar surface area (TPSA) is 20.2 Å². The molecule has 0 aromatic heterocycles. The van der Waals surface area contributed by atoms with Gasteiger partial charge in [0.1, 0.15) is 5.82 Å². The van der Waals surface area contributed by atoms with Gasteiger partial charge in [0.15, 0.2) is 0 Å². The van der Waals surface area contributed by atoms with Crippen LogP contribution in [-0.2, 0) is 5.60 Å². The van der Waals surface area contributed by atoms with E-state index in [4.69, 9.17) is 0 Å². The highest BCUT2D eigenvalue weighted by Crippen LogP contribution is 2.48. The SMILES string of the molecule is CC1CCC(C(C)C)C(O)(c2cc(Br)ccc2F)C1. The first-order valence-electron chi connectivity index (χ1n) is 7.02. The molecule has 1 aromatic rings. The Balaban J connectivity index is 2.49. The van der Waals surface area contributed by atoms with Crippen molar-refractivity contribution in [1.82, 2.24) is 0 Å². The zero-order valence-electron chi connectivity index (χ0n) is 11.8. The summed E-state index contributed by atoms with van der Waals surface area (Å²) in [7, 11) is 0. The first kappa shape index (κ1) is 15.0. The van der Waals surface area contributed by atoms with E-state index in [1.165, 1.54) is 6.07 Å². The van der Waals surface area contributed by atoms with Crippen LogP contribution in [0, 0.1) is 23.6 Å². The van der Waals surface area contributed by atoms with Crippen molar-refractivity contribution in [1.29, 1.82) is 0 Å². The number of aliphatic hydroxyl groups is 1. The number of rotatable bonds is 2. The molecule has 1 aliphatic rings. The summed E-state index contributed by atoms with van der Waals surface area (Å²) in [5.41, 5.74) is -0.591. The number of hydrogen-bond acceptors (Lipinski definition) is 1. The van der Waals surface area contributed by atoms with E-state index in [1.54, 1.807) is 12.1 Å². The highest BCUT2D eigenvalue weighted by atomic mass is 79.9. The molecule has 0 heterocycles. The van der Waals surface area contributed by atoms with Crippen molar-refractivity contribution in [3.05, 3.63) is 34.1 Å². The van der Waals surface area contributed by atoms with Gasteiger partial charge in [-0.2, -0.15) is 0 Å². The third-order valence-corrected chi connectivity index (χ3v) is 4.94. The van der Waals surface area contributed by atoms with Crippen LogP contribution in [0.3, 0.4) is 0 Å². The number of hydrogen-bond donors (Lipinski definition) is 1. The van der Waals surface area contributed by atoms with Crippen LogP contribution in [0.15, 0.2) is 22.7 Å². The molecule has 1 saturated carbocycles. The van der Waals surface area contributed by atoms with E-state index in [1.807, 2.05) is 0 Å². The van der Waals surface area contributed by atoms with Gasteiger partial charge in [-0.15, -0.1) is 0 Å². The average Bonchev–Trinajstić information content (AvgIpc) is 2.31. The van der Waals surface area contributed by atoms with Crippen molar-refractivity contribution in [3.63, 3.8) is 0 Å². The van der Waals surface area contributed by atoms with Crippen molar-refractivity contribution >= 4 is 15.9 Å². The molecule has 1 fully saturated rings. The van der Waals surface area contributed by atoms with E-state index in [-0.39, 0.29) is 11.7 Å². The zero-order valence-corrected chi connectivity index (χ0v) is 13.4. The second kappa shape index (κ2) is 5.53. The Morgan fingerprint density at radius 2 is 2.05 bits per heavy atom. The molecule has 1 N–H and O–H groups in total. The lowest BCUT2D eigenvalue weighted by Gasteiger charge is -2.45. The fraction of sp³-hybridized carbons (Fsp3) is 0.625. The van der Waals surface area contributed by atoms with Gasteiger partial charge in [-0.1, -0.05) is 43.1 Å². The maximum Gasteiger partial charge on any atom is 0.129 e. The molecule has 3 heteroatoms. The van der Waals surface area contributed by atoms with E-state index in [9.17, 15) is 9.50 Å². The third kappa shape index (κ3) is 2.87. The lowest BCUT2D eigenvalue weighted by molar-refractivity contribution is -0.0888. The minimum absolute atomic E-state index is 0.118. The lowest BCUT2D eigenvalue weighted by Crippen LogP contribution is -2.43. The summed E-state index contributed by atoms with van der Waals surface area (Å²) in [5.74, 6) is 0.590. The van der Waals surface area contributed by atoms with E-state index in [0.717, 1.165) is 17.3 Å². The number of benzene rings is 1. The van der Waals surface area contributed by atoms with Crippen LogP contribution in [0.5, 0.6) is 0 Å². The quantitative estimate of drug-likeness (QED) is 0.821. The molecule has 0 aliphatic heterocycles. The van der Waals surface area contributed by atoms with Gasteiger partial charge in [-0.3, -0.25) is 0 Å². The Labute approximate surface area is 123 Å². The molecule has 0 bridgehead atoms. The molecular weight excluding hydrogens is 307 g/mol. The normalized spacial score (nSPS) is 31.7. The first-order chi connectivity index (χ1) is 8.84. The molecule has 1 nitrogen and oxygen atoms in total. The Morgan fingerprint density at radius 1 is 1.37 bits per heavy atom. The van der Waals surface area contributed by atoms with Gasteiger partial charge >= 0.3 is 0 Å². The zero-order chi connectivity index (χ0) is 14.2. The van der Waals surface area contributed by atoms with Gasteiger partial charge in [0.05, 0.1) is 5.60 Å². The largest absolute Gasteiger partial charge is 0.385 e. The first-order valence-corrected chi connectivity index (χ1v) is 7.81. The van der Waals surface area contributed by atoms with Crippen LogP contribution in [0.4, 0.5) is 4.39 Å². The third-order valence-electron chi connectivity index (χ3n) is 4.44. The molecule has 106 valence electrons.